The predicted molar refractivity (Wildman–Crippen MR) is 102 cm³/mol. The normalized spacial score (nSPS) is 10.9. The average Bonchev–Trinajstić information content (AvgIpc) is 3.10. The minimum absolute atomic E-state index is 0.0469. The molecule has 140 valence electrons. The number of hydrogen-bond acceptors (Lipinski definition) is 5. The summed E-state index contributed by atoms with van der Waals surface area (Å²) in [7, 11) is 0. The SMILES string of the molecule is CCCCc1ccc([N+](=O)[O-])c(COC(=O)n2cnc3c(C)cccc32)c1. The highest BCUT2D eigenvalue weighted by Gasteiger charge is 2.18. The lowest BCUT2D eigenvalue weighted by Crippen LogP contribution is -2.13. The van der Waals surface area contributed by atoms with E-state index in [0.29, 0.717) is 11.1 Å². The zero-order valence-electron chi connectivity index (χ0n) is 15.3. The van der Waals surface area contributed by atoms with Crippen LogP contribution in [-0.4, -0.2) is 20.6 Å². The molecule has 0 unspecified atom stereocenters. The monoisotopic (exact) mass is 367 g/mol. The van der Waals surface area contributed by atoms with Crippen molar-refractivity contribution in [2.75, 3.05) is 0 Å². The Balaban J connectivity index is 1.81. The topological polar surface area (TPSA) is 87.3 Å². The van der Waals surface area contributed by atoms with E-state index in [0.717, 1.165) is 35.9 Å². The molecule has 27 heavy (non-hydrogen) atoms. The maximum absolute atomic E-state index is 12.5. The van der Waals surface area contributed by atoms with Crippen molar-refractivity contribution in [1.82, 2.24) is 9.55 Å². The van der Waals surface area contributed by atoms with Gasteiger partial charge in [-0.15, -0.1) is 0 Å². The van der Waals surface area contributed by atoms with Gasteiger partial charge in [-0.3, -0.25) is 10.1 Å². The average molecular weight is 367 g/mol. The van der Waals surface area contributed by atoms with E-state index in [1.165, 1.54) is 17.0 Å². The highest BCUT2D eigenvalue weighted by Crippen LogP contribution is 2.23. The number of ether oxygens (including phenoxy) is 1. The summed E-state index contributed by atoms with van der Waals surface area (Å²) >= 11 is 0. The maximum Gasteiger partial charge on any atom is 0.420 e. The zero-order chi connectivity index (χ0) is 19.4. The van der Waals surface area contributed by atoms with Crippen LogP contribution in [0.2, 0.25) is 0 Å². The van der Waals surface area contributed by atoms with Crippen LogP contribution in [0.5, 0.6) is 0 Å². The second-order valence-electron chi connectivity index (χ2n) is 6.44. The standard InChI is InChI=1S/C20H21N3O4/c1-3-4-7-15-9-10-17(23(25)26)16(11-15)12-27-20(24)22-13-21-19-14(2)6-5-8-18(19)22/h5-6,8-11,13H,3-4,7,12H2,1-2H3. The summed E-state index contributed by atoms with van der Waals surface area (Å²) in [6.45, 7) is 3.84. The molecule has 0 atom stereocenters. The quantitative estimate of drug-likeness (QED) is 0.462. The van der Waals surface area contributed by atoms with E-state index in [2.05, 4.69) is 11.9 Å². The molecular formula is C20H21N3O4. The molecule has 0 saturated heterocycles. The Morgan fingerprint density at radius 2 is 2.11 bits per heavy atom. The number of nitro benzene ring substituents is 1. The van der Waals surface area contributed by atoms with Gasteiger partial charge in [0, 0.05) is 6.07 Å². The fourth-order valence-electron chi connectivity index (χ4n) is 3.01. The number of imidazole rings is 1. The molecular weight excluding hydrogens is 346 g/mol. The number of benzene rings is 2. The van der Waals surface area contributed by atoms with Crippen molar-refractivity contribution in [3.63, 3.8) is 0 Å². The second-order valence-corrected chi connectivity index (χ2v) is 6.44. The van der Waals surface area contributed by atoms with Gasteiger partial charge >= 0.3 is 6.09 Å². The number of para-hydroxylation sites is 1. The van der Waals surface area contributed by atoms with Crippen LogP contribution >= 0.6 is 0 Å². The van der Waals surface area contributed by atoms with Gasteiger partial charge in [-0.1, -0.05) is 31.5 Å². The lowest BCUT2D eigenvalue weighted by atomic mass is 10.0. The lowest BCUT2D eigenvalue weighted by Gasteiger charge is -2.09. The van der Waals surface area contributed by atoms with Gasteiger partial charge in [0.05, 0.1) is 21.5 Å². The van der Waals surface area contributed by atoms with Gasteiger partial charge in [-0.25, -0.2) is 14.3 Å². The molecule has 0 spiro atoms. The smallest absolute Gasteiger partial charge is 0.420 e. The van der Waals surface area contributed by atoms with Crippen LogP contribution in [0.25, 0.3) is 11.0 Å². The van der Waals surface area contributed by atoms with Gasteiger partial charge in [-0.2, -0.15) is 0 Å². The van der Waals surface area contributed by atoms with E-state index in [-0.39, 0.29) is 12.3 Å². The first-order valence-corrected chi connectivity index (χ1v) is 8.87. The number of nitro groups is 1. The molecule has 3 rings (SSSR count). The van der Waals surface area contributed by atoms with Crippen LogP contribution in [0.15, 0.2) is 42.7 Å². The van der Waals surface area contributed by atoms with Gasteiger partial charge in [0.1, 0.15) is 12.9 Å². The van der Waals surface area contributed by atoms with Crippen LogP contribution in [-0.2, 0) is 17.8 Å². The van der Waals surface area contributed by atoms with Crippen molar-refractivity contribution >= 4 is 22.8 Å². The largest absolute Gasteiger partial charge is 0.444 e. The van der Waals surface area contributed by atoms with Crippen molar-refractivity contribution < 1.29 is 14.5 Å². The van der Waals surface area contributed by atoms with E-state index in [9.17, 15) is 14.9 Å². The van der Waals surface area contributed by atoms with E-state index in [4.69, 9.17) is 4.74 Å². The number of aromatic nitrogens is 2. The fourth-order valence-corrected chi connectivity index (χ4v) is 3.01. The first-order valence-electron chi connectivity index (χ1n) is 8.87. The summed E-state index contributed by atoms with van der Waals surface area (Å²) in [5, 5.41) is 11.3. The van der Waals surface area contributed by atoms with Gasteiger partial charge in [0.2, 0.25) is 0 Å². The van der Waals surface area contributed by atoms with Crippen LogP contribution in [0, 0.1) is 17.0 Å². The zero-order valence-corrected chi connectivity index (χ0v) is 15.3. The molecule has 2 aromatic carbocycles. The summed E-state index contributed by atoms with van der Waals surface area (Å²) in [5.41, 5.74) is 3.67. The van der Waals surface area contributed by atoms with Gasteiger partial charge < -0.3 is 4.74 Å². The van der Waals surface area contributed by atoms with Gasteiger partial charge in [0.15, 0.2) is 0 Å². The number of nitrogens with zero attached hydrogens (tertiary/aromatic N) is 3. The van der Waals surface area contributed by atoms with Crippen molar-refractivity contribution in [3.8, 4) is 0 Å². The summed E-state index contributed by atoms with van der Waals surface area (Å²) in [6.07, 6.45) is 3.66. The van der Waals surface area contributed by atoms with Crippen molar-refractivity contribution in [2.24, 2.45) is 0 Å². The minimum Gasteiger partial charge on any atom is -0.444 e. The molecule has 0 fully saturated rings. The molecule has 0 aliphatic heterocycles. The number of hydrogen-bond donors (Lipinski definition) is 0. The van der Waals surface area contributed by atoms with E-state index in [1.807, 2.05) is 19.1 Å². The first kappa shape index (κ1) is 18.6. The number of aryl methyl sites for hydroxylation is 2. The second kappa shape index (κ2) is 7.99. The number of carbonyl (C=O) groups is 1. The third kappa shape index (κ3) is 3.97. The van der Waals surface area contributed by atoms with E-state index in [1.54, 1.807) is 18.2 Å². The molecule has 3 aromatic rings. The first-order chi connectivity index (χ1) is 13.0. The molecule has 1 heterocycles. The van der Waals surface area contributed by atoms with Crippen LogP contribution in [0.3, 0.4) is 0 Å². The van der Waals surface area contributed by atoms with Crippen LogP contribution in [0.4, 0.5) is 10.5 Å². The molecule has 0 bridgehead atoms. The Kier molecular flexibility index (Phi) is 5.49. The summed E-state index contributed by atoms with van der Waals surface area (Å²) in [6, 6.07) is 10.5. The molecule has 0 aliphatic carbocycles. The maximum atomic E-state index is 12.5. The number of fused-ring (bicyclic) bond motifs is 1. The van der Waals surface area contributed by atoms with Crippen molar-refractivity contribution in [3.05, 3.63) is 69.5 Å². The third-order valence-corrected chi connectivity index (χ3v) is 4.49. The van der Waals surface area contributed by atoms with Crippen LogP contribution in [0.1, 0.15) is 36.5 Å². The summed E-state index contributed by atoms with van der Waals surface area (Å²) < 4.78 is 6.66. The van der Waals surface area contributed by atoms with Gasteiger partial charge in [0.25, 0.3) is 5.69 Å². The number of unbranched alkanes of at least 4 members (excludes halogenated alkanes) is 1. The highest BCUT2D eigenvalue weighted by molar-refractivity contribution is 5.88. The van der Waals surface area contributed by atoms with Gasteiger partial charge in [-0.05, 0) is 43.0 Å². The minimum atomic E-state index is -0.614. The highest BCUT2D eigenvalue weighted by atomic mass is 16.6. The summed E-state index contributed by atoms with van der Waals surface area (Å²) in [4.78, 5) is 27.5. The molecule has 1 aromatic heterocycles. The Morgan fingerprint density at radius 3 is 2.85 bits per heavy atom. The molecule has 0 amide bonds. The molecule has 0 radical (unpaired) electrons. The van der Waals surface area contributed by atoms with Crippen LogP contribution < -0.4 is 0 Å². The Labute approximate surface area is 156 Å². The lowest BCUT2D eigenvalue weighted by molar-refractivity contribution is -0.385. The number of rotatable bonds is 6. The van der Waals surface area contributed by atoms with E-state index < -0.39 is 11.0 Å². The Hall–Kier alpha value is -3.22. The van der Waals surface area contributed by atoms with E-state index >= 15 is 0 Å². The molecule has 7 heteroatoms. The molecule has 0 saturated carbocycles. The Bertz CT molecular complexity index is 994. The number of carbonyl (C=O) groups excluding carboxylic acids is 1. The van der Waals surface area contributed by atoms with Crippen molar-refractivity contribution in [1.29, 1.82) is 0 Å². The third-order valence-electron chi connectivity index (χ3n) is 4.49. The molecule has 7 nitrogen and oxygen atoms in total. The predicted octanol–water partition coefficient (Wildman–Crippen LogP) is 4.78. The fraction of sp³-hybridized carbons (Fsp3) is 0.300. The van der Waals surface area contributed by atoms with Crippen molar-refractivity contribution in [2.45, 2.75) is 39.7 Å². The Morgan fingerprint density at radius 1 is 1.30 bits per heavy atom. The molecule has 0 N–H and O–H groups in total. The molecule has 0 aliphatic rings. The summed E-state index contributed by atoms with van der Waals surface area (Å²) in [5.74, 6) is 0.